The molecule has 0 saturated carbocycles. The molecule has 0 aliphatic carbocycles. The first-order chi connectivity index (χ1) is 7.13. The quantitative estimate of drug-likeness (QED) is 0.679. The van der Waals surface area contributed by atoms with Crippen LogP contribution in [0, 0.1) is 0 Å². The Kier molecular flexibility index (Phi) is 4.72. The Labute approximate surface area is 95.2 Å². The maximum atomic E-state index is 9.53. The molecule has 0 saturated heterocycles. The zero-order valence-electron chi connectivity index (χ0n) is 8.83. The fourth-order valence-corrected chi connectivity index (χ4v) is 1.52. The van der Waals surface area contributed by atoms with E-state index in [1.165, 1.54) is 0 Å². The van der Waals surface area contributed by atoms with Gasteiger partial charge in [0, 0.05) is 11.6 Å². The molecule has 1 aromatic carbocycles. The molecule has 15 heavy (non-hydrogen) atoms. The minimum absolute atomic E-state index is 0.339. The van der Waals surface area contributed by atoms with Crippen molar-refractivity contribution in [2.45, 2.75) is 25.9 Å². The van der Waals surface area contributed by atoms with Gasteiger partial charge in [0.2, 0.25) is 0 Å². The van der Waals surface area contributed by atoms with Gasteiger partial charge in [-0.1, -0.05) is 24.9 Å². The van der Waals surface area contributed by atoms with Crippen molar-refractivity contribution in [2.75, 3.05) is 17.6 Å². The standard InChI is InChI=1S/C11H17ClN2O/c1-2-3-9(15)7-14-11-6-8(12)4-5-10(11)13/h4-6,9,14-15H,2-3,7,13H2,1H3. The van der Waals surface area contributed by atoms with Gasteiger partial charge in [-0.05, 0) is 24.6 Å². The topological polar surface area (TPSA) is 58.3 Å². The summed E-state index contributed by atoms with van der Waals surface area (Å²) in [6, 6.07) is 5.25. The molecular formula is C11H17ClN2O. The maximum Gasteiger partial charge on any atom is 0.0712 e. The first-order valence-corrected chi connectivity index (χ1v) is 5.48. The fourth-order valence-electron chi connectivity index (χ4n) is 1.34. The molecule has 1 aromatic rings. The van der Waals surface area contributed by atoms with Crippen molar-refractivity contribution in [3.05, 3.63) is 23.2 Å². The molecule has 0 amide bonds. The highest BCUT2D eigenvalue weighted by Crippen LogP contribution is 2.22. The predicted octanol–water partition coefficient (Wildman–Crippen LogP) is 2.50. The molecule has 0 heterocycles. The number of nitrogens with one attached hydrogen (secondary N) is 1. The highest BCUT2D eigenvalue weighted by molar-refractivity contribution is 6.31. The second-order valence-corrected chi connectivity index (χ2v) is 3.99. The van der Waals surface area contributed by atoms with Crippen LogP contribution in [0.5, 0.6) is 0 Å². The van der Waals surface area contributed by atoms with E-state index in [2.05, 4.69) is 5.32 Å². The number of rotatable bonds is 5. The lowest BCUT2D eigenvalue weighted by Gasteiger charge is -2.13. The summed E-state index contributed by atoms with van der Waals surface area (Å²) in [5, 5.41) is 13.2. The summed E-state index contributed by atoms with van der Waals surface area (Å²) < 4.78 is 0. The second-order valence-electron chi connectivity index (χ2n) is 3.55. The lowest BCUT2D eigenvalue weighted by Crippen LogP contribution is -2.19. The number of halogens is 1. The lowest BCUT2D eigenvalue weighted by molar-refractivity contribution is 0.176. The van der Waals surface area contributed by atoms with E-state index in [1.54, 1.807) is 18.2 Å². The molecule has 84 valence electrons. The van der Waals surface area contributed by atoms with E-state index >= 15 is 0 Å². The number of nitrogens with two attached hydrogens (primary N) is 1. The molecule has 0 aromatic heterocycles. The molecule has 3 nitrogen and oxygen atoms in total. The van der Waals surface area contributed by atoms with Crippen LogP contribution in [0.3, 0.4) is 0 Å². The third-order valence-corrected chi connectivity index (χ3v) is 2.40. The van der Waals surface area contributed by atoms with E-state index in [0.717, 1.165) is 18.5 Å². The minimum Gasteiger partial charge on any atom is -0.397 e. The van der Waals surface area contributed by atoms with Crippen molar-refractivity contribution in [1.82, 2.24) is 0 Å². The molecule has 0 aliphatic rings. The molecule has 0 bridgehead atoms. The van der Waals surface area contributed by atoms with Gasteiger partial charge < -0.3 is 16.2 Å². The van der Waals surface area contributed by atoms with Gasteiger partial charge in [-0.3, -0.25) is 0 Å². The monoisotopic (exact) mass is 228 g/mol. The Bertz CT molecular complexity index is 317. The van der Waals surface area contributed by atoms with Crippen LogP contribution in [0.15, 0.2) is 18.2 Å². The number of benzene rings is 1. The van der Waals surface area contributed by atoms with Crippen LogP contribution in [-0.2, 0) is 0 Å². The first-order valence-electron chi connectivity index (χ1n) is 5.10. The van der Waals surface area contributed by atoms with Gasteiger partial charge in [-0.2, -0.15) is 0 Å². The van der Waals surface area contributed by atoms with Crippen molar-refractivity contribution in [3.8, 4) is 0 Å². The zero-order valence-corrected chi connectivity index (χ0v) is 9.59. The second kappa shape index (κ2) is 5.83. The molecule has 1 atom stereocenters. The fraction of sp³-hybridized carbons (Fsp3) is 0.455. The van der Waals surface area contributed by atoms with Crippen LogP contribution in [0.25, 0.3) is 0 Å². The molecule has 0 radical (unpaired) electrons. The zero-order chi connectivity index (χ0) is 11.3. The third-order valence-electron chi connectivity index (χ3n) is 2.17. The molecule has 1 rings (SSSR count). The van der Waals surface area contributed by atoms with Crippen molar-refractivity contribution < 1.29 is 5.11 Å². The van der Waals surface area contributed by atoms with Crippen molar-refractivity contribution in [1.29, 1.82) is 0 Å². The van der Waals surface area contributed by atoms with E-state index in [0.29, 0.717) is 17.3 Å². The Balaban J connectivity index is 2.53. The van der Waals surface area contributed by atoms with Crippen molar-refractivity contribution in [3.63, 3.8) is 0 Å². The van der Waals surface area contributed by atoms with E-state index in [-0.39, 0.29) is 6.10 Å². The smallest absolute Gasteiger partial charge is 0.0712 e. The van der Waals surface area contributed by atoms with Crippen LogP contribution in [-0.4, -0.2) is 17.8 Å². The van der Waals surface area contributed by atoms with Gasteiger partial charge in [0.05, 0.1) is 17.5 Å². The largest absolute Gasteiger partial charge is 0.397 e. The maximum absolute atomic E-state index is 9.53. The van der Waals surface area contributed by atoms with E-state index < -0.39 is 0 Å². The Morgan fingerprint density at radius 1 is 1.53 bits per heavy atom. The van der Waals surface area contributed by atoms with E-state index in [1.807, 2.05) is 6.92 Å². The summed E-state index contributed by atoms with van der Waals surface area (Å²) in [7, 11) is 0. The molecule has 4 N–H and O–H groups in total. The van der Waals surface area contributed by atoms with Crippen molar-refractivity contribution >= 4 is 23.0 Å². The molecular weight excluding hydrogens is 212 g/mol. The van der Waals surface area contributed by atoms with Crippen molar-refractivity contribution in [2.24, 2.45) is 0 Å². The number of anilines is 2. The van der Waals surface area contributed by atoms with Crippen LogP contribution in [0.4, 0.5) is 11.4 Å². The molecule has 1 unspecified atom stereocenters. The average Bonchev–Trinajstić information content (AvgIpc) is 2.20. The molecule has 4 heteroatoms. The molecule has 0 spiro atoms. The van der Waals surface area contributed by atoms with Crippen LogP contribution >= 0.6 is 11.6 Å². The first kappa shape index (κ1) is 12.1. The Morgan fingerprint density at radius 2 is 2.27 bits per heavy atom. The van der Waals surface area contributed by atoms with Gasteiger partial charge in [0.1, 0.15) is 0 Å². The van der Waals surface area contributed by atoms with Gasteiger partial charge >= 0.3 is 0 Å². The minimum atomic E-state index is -0.339. The third kappa shape index (κ3) is 3.98. The van der Waals surface area contributed by atoms with Gasteiger partial charge in [0.15, 0.2) is 0 Å². The highest BCUT2D eigenvalue weighted by Gasteiger charge is 2.04. The summed E-state index contributed by atoms with van der Waals surface area (Å²) in [4.78, 5) is 0. The van der Waals surface area contributed by atoms with Gasteiger partial charge in [0.25, 0.3) is 0 Å². The predicted molar refractivity (Wildman–Crippen MR) is 65.3 cm³/mol. The number of aliphatic hydroxyl groups excluding tert-OH is 1. The summed E-state index contributed by atoms with van der Waals surface area (Å²) in [6.45, 7) is 2.54. The Hall–Kier alpha value is -0.930. The van der Waals surface area contributed by atoms with Crippen LogP contribution in [0.1, 0.15) is 19.8 Å². The summed E-state index contributed by atoms with van der Waals surface area (Å²) in [6.07, 6.45) is 1.41. The van der Waals surface area contributed by atoms with E-state index in [9.17, 15) is 5.11 Å². The van der Waals surface area contributed by atoms with Crippen LogP contribution < -0.4 is 11.1 Å². The lowest BCUT2D eigenvalue weighted by atomic mass is 10.2. The SMILES string of the molecule is CCCC(O)CNc1cc(Cl)ccc1N. The van der Waals surface area contributed by atoms with E-state index in [4.69, 9.17) is 17.3 Å². The number of hydrogen-bond donors (Lipinski definition) is 3. The highest BCUT2D eigenvalue weighted by atomic mass is 35.5. The number of aliphatic hydroxyl groups is 1. The number of hydrogen-bond acceptors (Lipinski definition) is 3. The summed E-state index contributed by atoms with van der Waals surface area (Å²) >= 11 is 5.84. The summed E-state index contributed by atoms with van der Waals surface area (Å²) in [5.74, 6) is 0. The van der Waals surface area contributed by atoms with Gasteiger partial charge in [-0.15, -0.1) is 0 Å². The van der Waals surface area contributed by atoms with Gasteiger partial charge in [-0.25, -0.2) is 0 Å². The summed E-state index contributed by atoms with van der Waals surface area (Å²) in [5.41, 5.74) is 7.16. The average molecular weight is 229 g/mol. The normalized spacial score (nSPS) is 12.5. The number of nitrogen functional groups attached to an aromatic ring is 1. The Morgan fingerprint density at radius 3 is 2.93 bits per heavy atom. The molecule has 0 fully saturated rings. The molecule has 0 aliphatic heterocycles. The van der Waals surface area contributed by atoms with Crippen LogP contribution in [0.2, 0.25) is 5.02 Å².